The molecule has 2 amide bonds. The van der Waals surface area contributed by atoms with Gasteiger partial charge in [0.25, 0.3) is 5.92 Å². The van der Waals surface area contributed by atoms with Gasteiger partial charge in [-0.05, 0) is 17.9 Å². The molecule has 0 spiro atoms. The number of ether oxygens (including phenoxy) is 1. The van der Waals surface area contributed by atoms with Crippen molar-refractivity contribution in [2.24, 2.45) is 0 Å². The number of carbonyl (C=O) groups is 3. The van der Waals surface area contributed by atoms with E-state index in [0.717, 1.165) is 0 Å². The molecule has 26 heavy (non-hydrogen) atoms. The summed E-state index contributed by atoms with van der Waals surface area (Å²) in [5.41, 5.74) is 0.282. The summed E-state index contributed by atoms with van der Waals surface area (Å²) in [5.74, 6) is -4.45. The van der Waals surface area contributed by atoms with Crippen molar-refractivity contribution in [1.82, 2.24) is 10.6 Å². The van der Waals surface area contributed by atoms with Gasteiger partial charge in [0.1, 0.15) is 11.0 Å². The molecule has 2 aliphatic heterocycles. The van der Waals surface area contributed by atoms with Crippen LogP contribution in [0.1, 0.15) is 23.2 Å². The van der Waals surface area contributed by atoms with Crippen molar-refractivity contribution in [3.63, 3.8) is 0 Å². The van der Waals surface area contributed by atoms with Crippen LogP contribution in [0.5, 0.6) is 0 Å². The van der Waals surface area contributed by atoms with E-state index in [4.69, 9.17) is 0 Å². The molecule has 1 aromatic rings. The molecule has 0 aliphatic carbocycles. The Morgan fingerprint density at radius 1 is 1.46 bits per heavy atom. The van der Waals surface area contributed by atoms with E-state index < -0.39 is 42.8 Å². The highest BCUT2D eigenvalue weighted by atomic mass is 35.5. The van der Waals surface area contributed by atoms with Gasteiger partial charge in [-0.2, -0.15) is 0 Å². The number of hydrogen-bond acceptors (Lipinski definition) is 6. The Morgan fingerprint density at radius 3 is 2.81 bits per heavy atom. The average Bonchev–Trinajstić information content (AvgIpc) is 3.26. The van der Waals surface area contributed by atoms with Gasteiger partial charge in [-0.3, -0.25) is 14.9 Å². The number of anilines is 1. The Kier molecular flexibility index (Phi) is 6.20. The van der Waals surface area contributed by atoms with Crippen LogP contribution in [0.3, 0.4) is 0 Å². The Bertz CT molecular complexity index is 715. The first-order chi connectivity index (χ1) is 11.8. The normalized spacial score (nSPS) is 24.3. The van der Waals surface area contributed by atoms with Gasteiger partial charge in [0, 0.05) is 13.0 Å². The van der Waals surface area contributed by atoms with E-state index in [9.17, 15) is 23.2 Å². The molecule has 2 aliphatic rings. The molecule has 1 aromatic heterocycles. The van der Waals surface area contributed by atoms with Gasteiger partial charge < -0.3 is 15.0 Å². The molecule has 0 radical (unpaired) electrons. The minimum absolute atomic E-state index is 0. The monoisotopic (exact) mass is 409 g/mol. The molecule has 2 unspecified atom stereocenters. The third kappa shape index (κ3) is 3.97. The molecular formula is C15H18ClF2N3O4S. The number of halogens is 3. The van der Waals surface area contributed by atoms with Crippen LogP contribution in [0, 0.1) is 0 Å². The number of amides is 2. The van der Waals surface area contributed by atoms with Crippen molar-refractivity contribution >= 4 is 46.5 Å². The van der Waals surface area contributed by atoms with Gasteiger partial charge in [0.15, 0.2) is 0 Å². The van der Waals surface area contributed by atoms with E-state index >= 15 is 0 Å². The van der Waals surface area contributed by atoms with Crippen LogP contribution in [-0.2, 0) is 14.3 Å². The van der Waals surface area contributed by atoms with Crippen molar-refractivity contribution in [2.75, 3.05) is 25.1 Å². The lowest BCUT2D eigenvalue weighted by atomic mass is 10.1. The molecule has 2 saturated heterocycles. The standard InChI is InChI=1S/C15H17F2N3O4S.ClH/c1-24-14(23)8-3-5-25-13(8)20-4-2-9(12(20)22)19-11(21)10-6-15(16,17)7-18-10;/h3,5,9-10,18H,2,4,6-7H2,1H3,(H,19,21);1H. The second-order valence-electron chi connectivity index (χ2n) is 5.96. The summed E-state index contributed by atoms with van der Waals surface area (Å²) in [6, 6.07) is -0.240. The summed E-state index contributed by atoms with van der Waals surface area (Å²) in [6.07, 6.45) is -0.243. The Balaban J connectivity index is 0.00000243. The largest absolute Gasteiger partial charge is 0.465 e. The van der Waals surface area contributed by atoms with Gasteiger partial charge >= 0.3 is 5.97 Å². The first kappa shape index (κ1) is 20.5. The molecule has 3 rings (SSSR count). The number of carbonyl (C=O) groups excluding carboxylic acids is 3. The van der Waals surface area contributed by atoms with Crippen LogP contribution in [0.15, 0.2) is 11.4 Å². The maximum Gasteiger partial charge on any atom is 0.340 e. The zero-order chi connectivity index (χ0) is 18.2. The number of methoxy groups -OCH3 is 1. The van der Waals surface area contributed by atoms with Crippen molar-refractivity contribution in [3.8, 4) is 0 Å². The van der Waals surface area contributed by atoms with Gasteiger partial charge in [-0.15, -0.1) is 23.7 Å². The third-order valence-corrected chi connectivity index (χ3v) is 5.18. The fraction of sp³-hybridized carbons (Fsp3) is 0.533. The van der Waals surface area contributed by atoms with Crippen LogP contribution in [-0.4, -0.2) is 56.0 Å². The third-order valence-electron chi connectivity index (χ3n) is 4.24. The maximum atomic E-state index is 13.2. The number of rotatable bonds is 4. The fourth-order valence-electron chi connectivity index (χ4n) is 2.96. The van der Waals surface area contributed by atoms with Crippen LogP contribution in [0.4, 0.5) is 13.8 Å². The van der Waals surface area contributed by atoms with Crippen molar-refractivity contribution in [2.45, 2.75) is 30.8 Å². The lowest BCUT2D eigenvalue weighted by Gasteiger charge is -2.18. The second-order valence-corrected chi connectivity index (χ2v) is 6.86. The van der Waals surface area contributed by atoms with E-state index in [1.54, 1.807) is 11.4 Å². The zero-order valence-corrected chi connectivity index (χ0v) is 15.4. The summed E-state index contributed by atoms with van der Waals surface area (Å²) in [7, 11) is 1.25. The van der Waals surface area contributed by atoms with E-state index in [2.05, 4.69) is 15.4 Å². The van der Waals surface area contributed by atoms with Gasteiger partial charge in [0.05, 0.1) is 25.3 Å². The topological polar surface area (TPSA) is 87.7 Å². The molecule has 144 valence electrons. The lowest BCUT2D eigenvalue weighted by Crippen LogP contribution is -2.48. The minimum Gasteiger partial charge on any atom is -0.465 e. The molecule has 0 saturated carbocycles. The number of alkyl halides is 2. The first-order valence-electron chi connectivity index (χ1n) is 7.71. The molecule has 7 nitrogen and oxygen atoms in total. The molecular weight excluding hydrogens is 392 g/mol. The molecule has 2 fully saturated rings. The SMILES string of the molecule is COC(=O)c1ccsc1N1CCC(NC(=O)C2CC(F)(F)CN2)C1=O.Cl. The molecule has 0 bridgehead atoms. The summed E-state index contributed by atoms with van der Waals surface area (Å²) >= 11 is 1.22. The van der Waals surface area contributed by atoms with E-state index in [0.29, 0.717) is 18.0 Å². The number of hydrogen-bond donors (Lipinski definition) is 2. The first-order valence-corrected chi connectivity index (χ1v) is 8.59. The molecule has 2 atom stereocenters. The number of esters is 1. The predicted octanol–water partition coefficient (Wildman–Crippen LogP) is 1.18. The highest BCUT2D eigenvalue weighted by molar-refractivity contribution is 7.14. The van der Waals surface area contributed by atoms with E-state index in [1.165, 1.54) is 23.3 Å². The molecule has 0 aromatic carbocycles. The van der Waals surface area contributed by atoms with E-state index in [-0.39, 0.29) is 23.9 Å². The maximum absolute atomic E-state index is 13.2. The number of nitrogens with zero attached hydrogens (tertiary/aromatic N) is 1. The van der Waals surface area contributed by atoms with E-state index in [1.807, 2.05) is 0 Å². The molecule has 2 N–H and O–H groups in total. The Morgan fingerprint density at radius 2 is 2.19 bits per heavy atom. The van der Waals surface area contributed by atoms with Crippen molar-refractivity contribution in [3.05, 3.63) is 17.0 Å². The van der Waals surface area contributed by atoms with Gasteiger partial charge in [-0.25, -0.2) is 13.6 Å². The van der Waals surface area contributed by atoms with Crippen LogP contribution in [0.2, 0.25) is 0 Å². The molecule has 11 heteroatoms. The summed E-state index contributed by atoms with van der Waals surface area (Å²) in [4.78, 5) is 37.8. The smallest absolute Gasteiger partial charge is 0.340 e. The Labute approximate surface area is 158 Å². The van der Waals surface area contributed by atoms with Crippen LogP contribution >= 0.6 is 23.7 Å². The van der Waals surface area contributed by atoms with Crippen molar-refractivity contribution < 1.29 is 27.9 Å². The zero-order valence-electron chi connectivity index (χ0n) is 13.8. The number of nitrogens with one attached hydrogen (secondary N) is 2. The summed E-state index contributed by atoms with van der Waals surface area (Å²) in [6.45, 7) is -0.226. The van der Waals surface area contributed by atoms with Crippen LogP contribution in [0.25, 0.3) is 0 Å². The summed E-state index contributed by atoms with van der Waals surface area (Å²) < 4.78 is 31.1. The lowest BCUT2D eigenvalue weighted by molar-refractivity contribution is -0.127. The predicted molar refractivity (Wildman–Crippen MR) is 93.2 cm³/mol. The average molecular weight is 410 g/mol. The molecule has 3 heterocycles. The second kappa shape index (κ2) is 7.85. The quantitative estimate of drug-likeness (QED) is 0.729. The van der Waals surface area contributed by atoms with Crippen LogP contribution < -0.4 is 15.5 Å². The fourth-order valence-corrected chi connectivity index (χ4v) is 3.88. The van der Waals surface area contributed by atoms with Gasteiger partial charge in [-0.1, -0.05) is 0 Å². The highest BCUT2D eigenvalue weighted by Crippen LogP contribution is 2.32. The van der Waals surface area contributed by atoms with Crippen molar-refractivity contribution in [1.29, 1.82) is 0 Å². The van der Waals surface area contributed by atoms with Gasteiger partial charge in [0.2, 0.25) is 11.8 Å². The summed E-state index contributed by atoms with van der Waals surface area (Å²) in [5, 5.41) is 7.11. The Hall–Kier alpha value is -1.78. The minimum atomic E-state index is -2.92. The highest BCUT2D eigenvalue weighted by Gasteiger charge is 2.44. The number of thiophene rings is 1.